The van der Waals surface area contributed by atoms with E-state index in [1.165, 1.54) is 18.6 Å². The highest BCUT2D eigenvalue weighted by molar-refractivity contribution is 6.42. The van der Waals surface area contributed by atoms with Gasteiger partial charge in [-0.3, -0.25) is 24.9 Å². The quantitative estimate of drug-likeness (QED) is 0.596. The van der Waals surface area contributed by atoms with Gasteiger partial charge in [-0.1, -0.05) is 23.2 Å². The summed E-state index contributed by atoms with van der Waals surface area (Å²) < 4.78 is 0. The largest absolute Gasteiger partial charge is 0.365 e. The molecule has 3 N–H and O–H groups in total. The van der Waals surface area contributed by atoms with E-state index in [1.807, 2.05) is 19.1 Å². The van der Waals surface area contributed by atoms with Crippen LogP contribution in [0.25, 0.3) is 0 Å². The third-order valence-electron chi connectivity index (χ3n) is 5.97. The molecule has 2 unspecified atom stereocenters. The number of carbonyl (C=O) groups excluding carboxylic acids is 2. The Bertz CT molecular complexity index is 1010. The minimum absolute atomic E-state index is 0.0649. The van der Waals surface area contributed by atoms with Crippen LogP contribution in [0.5, 0.6) is 0 Å². The number of aliphatic hydroxyl groups is 1. The molecule has 2 saturated heterocycles. The van der Waals surface area contributed by atoms with Crippen molar-refractivity contribution in [2.24, 2.45) is 0 Å². The molecule has 3 atom stereocenters. The van der Waals surface area contributed by atoms with Crippen molar-refractivity contribution in [3.8, 4) is 0 Å². The average Bonchev–Trinajstić information content (AvgIpc) is 3.08. The molecule has 32 heavy (non-hydrogen) atoms. The molecule has 1 aromatic heterocycles. The topological polar surface area (TPSA) is 111 Å². The molecule has 0 radical (unpaired) electrons. The predicted octanol–water partition coefficient (Wildman–Crippen LogP) is 1.49. The lowest BCUT2D eigenvalue weighted by atomic mass is 9.89. The van der Waals surface area contributed by atoms with E-state index >= 15 is 0 Å². The van der Waals surface area contributed by atoms with E-state index in [0.717, 1.165) is 5.69 Å². The maximum absolute atomic E-state index is 13.0. The number of benzene rings is 1. The lowest BCUT2D eigenvalue weighted by molar-refractivity contribution is -0.133. The fraction of sp³-hybridized carbons (Fsp3) is 0.429. The van der Waals surface area contributed by atoms with Crippen LogP contribution in [0.2, 0.25) is 10.0 Å². The van der Waals surface area contributed by atoms with E-state index in [9.17, 15) is 14.7 Å². The zero-order chi connectivity index (χ0) is 22.9. The van der Waals surface area contributed by atoms with Crippen LogP contribution in [0, 0.1) is 0 Å². The van der Waals surface area contributed by atoms with E-state index in [2.05, 4.69) is 25.5 Å². The molecule has 2 aliphatic heterocycles. The zero-order valence-corrected chi connectivity index (χ0v) is 19.0. The van der Waals surface area contributed by atoms with Crippen LogP contribution in [0.15, 0.2) is 36.8 Å². The zero-order valence-electron chi connectivity index (χ0n) is 17.5. The Balaban J connectivity index is 1.42. The first-order valence-electron chi connectivity index (χ1n) is 10.3. The number of aliphatic hydroxyl groups excluding tert-OH is 1. The van der Waals surface area contributed by atoms with Gasteiger partial charge in [0.25, 0.3) is 0 Å². The van der Waals surface area contributed by atoms with Crippen LogP contribution in [0.4, 0.5) is 5.69 Å². The molecule has 1 aromatic carbocycles. The van der Waals surface area contributed by atoms with Crippen LogP contribution < -0.4 is 15.5 Å². The molecule has 0 spiro atoms. The van der Waals surface area contributed by atoms with Crippen molar-refractivity contribution in [3.63, 3.8) is 0 Å². The highest BCUT2D eigenvalue weighted by Gasteiger charge is 2.49. The van der Waals surface area contributed by atoms with Gasteiger partial charge >= 0.3 is 0 Å². The van der Waals surface area contributed by atoms with E-state index in [1.54, 1.807) is 11.0 Å². The summed E-state index contributed by atoms with van der Waals surface area (Å²) in [7, 11) is 0. The Morgan fingerprint density at radius 2 is 2.09 bits per heavy atom. The van der Waals surface area contributed by atoms with Gasteiger partial charge in [-0.15, -0.1) is 0 Å². The first kappa shape index (κ1) is 22.7. The number of nitrogens with zero attached hydrogens (tertiary/aromatic N) is 4. The first-order chi connectivity index (χ1) is 15.3. The fourth-order valence-electron chi connectivity index (χ4n) is 4.29. The van der Waals surface area contributed by atoms with Crippen LogP contribution in [-0.2, 0) is 15.1 Å². The number of nitrogens with one attached hydrogen (secondary N) is 2. The minimum Gasteiger partial charge on any atom is -0.365 e. The van der Waals surface area contributed by atoms with E-state index in [-0.39, 0.29) is 24.8 Å². The number of carbonyl (C=O) groups is 2. The Hall–Kier alpha value is -2.46. The van der Waals surface area contributed by atoms with Gasteiger partial charge < -0.3 is 20.2 Å². The SMILES string of the molecule is C[C@H]1CN(C(=O)CCC2(c3cnccn3)NC(O)NC2=O)CCN1c1ccc(Cl)c(Cl)c1. The van der Waals surface area contributed by atoms with Gasteiger partial charge in [-0.05, 0) is 31.5 Å². The summed E-state index contributed by atoms with van der Waals surface area (Å²) in [6.07, 6.45) is 3.49. The van der Waals surface area contributed by atoms with Gasteiger partial charge in [-0.25, -0.2) is 0 Å². The molecular weight excluding hydrogens is 455 g/mol. The van der Waals surface area contributed by atoms with Gasteiger partial charge in [0.1, 0.15) is 5.54 Å². The van der Waals surface area contributed by atoms with Gasteiger partial charge in [0, 0.05) is 50.2 Å². The summed E-state index contributed by atoms with van der Waals surface area (Å²) >= 11 is 12.2. The van der Waals surface area contributed by atoms with Gasteiger partial charge in [0.2, 0.25) is 11.8 Å². The summed E-state index contributed by atoms with van der Waals surface area (Å²) in [5.74, 6) is -0.499. The number of hydrogen-bond acceptors (Lipinski definition) is 7. The summed E-state index contributed by atoms with van der Waals surface area (Å²) in [4.78, 5) is 37.9. The summed E-state index contributed by atoms with van der Waals surface area (Å²) in [5.41, 5.74) is 0.0117. The first-order valence-corrected chi connectivity index (χ1v) is 11.1. The van der Waals surface area contributed by atoms with Gasteiger partial charge in [0.15, 0.2) is 6.35 Å². The molecule has 2 aromatic rings. The molecule has 9 nitrogen and oxygen atoms in total. The predicted molar refractivity (Wildman–Crippen MR) is 120 cm³/mol. The standard InChI is InChI=1S/C21H24Cl2N6O3/c1-13-12-28(8-9-29(13)14-2-3-15(22)16(23)10-14)18(30)4-5-21(17-11-24-6-7-25-17)19(31)26-20(32)27-21/h2-3,6-7,10-11,13,20,27,32H,4-5,8-9,12H2,1H3,(H,26,31)/t13-,20?,21?/m0/s1. The normalized spacial score (nSPS) is 25.7. The van der Waals surface area contributed by atoms with Crippen molar-refractivity contribution in [3.05, 3.63) is 52.5 Å². The number of amides is 2. The van der Waals surface area contributed by atoms with Crippen molar-refractivity contribution in [2.45, 2.75) is 37.7 Å². The number of rotatable bonds is 5. The van der Waals surface area contributed by atoms with Crippen molar-refractivity contribution < 1.29 is 14.7 Å². The number of halogens is 2. The van der Waals surface area contributed by atoms with Crippen molar-refractivity contribution >= 4 is 40.7 Å². The smallest absolute Gasteiger partial charge is 0.249 e. The van der Waals surface area contributed by atoms with Crippen molar-refractivity contribution in [1.29, 1.82) is 0 Å². The van der Waals surface area contributed by atoms with Crippen LogP contribution in [-0.4, -0.2) is 63.8 Å². The molecule has 2 aliphatic rings. The molecule has 2 fully saturated rings. The number of hydrogen-bond donors (Lipinski definition) is 3. The van der Waals surface area contributed by atoms with Gasteiger partial charge in [-0.2, -0.15) is 0 Å². The second-order valence-electron chi connectivity index (χ2n) is 8.00. The molecule has 2 amide bonds. The Kier molecular flexibility index (Phi) is 6.52. The average molecular weight is 479 g/mol. The number of aromatic nitrogens is 2. The summed E-state index contributed by atoms with van der Waals surface area (Å²) in [6.45, 7) is 3.78. The van der Waals surface area contributed by atoms with E-state index in [4.69, 9.17) is 23.2 Å². The highest BCUT2D eigenvalue weighted by Crippen LogP contribution is 2.31. The third-order valence-corrected chi connectivity index (χ3v) is 6.71. The Labute approximate surface area is 195 Å². The molecule has 3 heterocycles. The van der Waals surface area contributed by atoms with E-state index in [0.29, 0.717) is 35.4 Å². The number of anilines is 1. The van der Waals surface area contributed by atoms with Crippen molar-refractivity contribution in [2.75, 3.05) is 24.5 Å². The molecule has 4 rings (SSSR count). The number of piperazine rings is 1. The second-order valence-corrected chi connectivity index (χ2v) is 8.81. The molecule has 0 saturated carbocycles. The Morgan fingerprint density at radius 1 is 1.28 bits per heavy atom. The van der Waals surface area contributed by atoms with Crippen LogP contribution >= 0.6 is 23.2 Å². The van der Waals surface area contributed by atoms with Crippen LogP contribution in [0.1, 0.15) is 25.5 Å². The Morgan fingerprint density at radius 3 is 2.72 bits per heavy atom. The molecule has 170 valence electrons. The lowest BCUT2D eigenvalue weighted by Gasteiger charge is -2.41. The third kappa shape index (κ3) is 4.38. The van der Waals surface area contributed by atoms with E-state index < -0.39 is 17.8 Å². The highest BCUT2D eigenvalue weighted by atomic mass is 35.5. The summed E-state index contributed by atoms with van der Waals surface area (Å²) in [5, 5.41) is 16.2. The second kappa shape index (κ2) is 9.19. The maximum atomic E-state index is 13.0. The van der Waals surface area contributed by atoms with Crippen molar-refractivity contribution in [1.82, 2.24) is 25.5 Å². The fourth-order valence-corrected chi connectivity index (χ4v) is 4.58. The molecule has 0 aliphatic carbocycles. The van der Waals surface area contributed by atoms with Gasteiger partial charge in [0.05, 0.1) is 21.9 Å². The lowest BCUT2D eigenvalue weighted by Crippen LogP contribution is -2.54. The molecule has 11 heteroatoms. The van der Waals surface area contributed by atoms with Crippen LogP contribution in [0.3, 0.4) is 0 Å². The summed E-state index contributed by atoms with van der Waals surface area (Å²) in [6, 6.07) is 5.60. The maximum Gasteiger partial charge on any atom is 0.249 e. The molecule has 0 bridgehead atoms. The molecular formula is C21H24Cl2N6O3. The minimum atomic E-state index is -1.31. The monoisotopic (exact) mass is 478 g/mol.